The van der Waals surface area contributed by atoms with Crippen molar-refractivity contribution in [2.75, 3.05) is 0 Å². The highest BCUT2D eigenvalue weighted by Crippen LogP contribution is 2.21. The van der Waals surface area contributed by atoms with Gasteiger partial charge in [0.05, 0.1) is 0 Å². The summed E-state index contributed by atoms with van der Waals surface area (Å²) in [6.45, 7) is 3.87. The molecule has 0 aromatic carbocycles. The van der Waals surface area contributed by atoms with Crippen molar-refractivity contribution >= 4 is 6.21 Å². The summed E-state index contributed by atoms with van der Waals surface area (Å²) in [7, 11) is 0. The first kappa shape index (κ1) is 9.56. The average molecular weight is 169 g/mol. The van der Waals surface area contributed by atoms with E-state index in [1.54, 1.807) is 0 Å². The van der Waals surface area contributed by atoms with E-state index in [2.05, 4.69) is 0 Å². The molecule has 1 rings (SSSR count). The molecule has 0 aromatic rings. The first-order chi connectivity index (χ1) is 5.70. The van der Waals surface area contributed by atoms with Gasteiger partial charge in [-0.25, -0.2) is 4.74 Å². The van der Waals surface area contributed by atoms with Gasteiger partial charge in [0.25, 0.3) is 0 Å². The summed E-state index contributed by atoms with van der Waals surface area (Å²) in [5.74, 6) is 0.554. The van der Waals surface area contributed by atoms with Crippen LogP contribution < -0.4 is 0 Å². The highest BCUT2D eigenvalue weighted by Gasteiger charge is 2.14. The summed E-state index contributed by atoms with van der Waals surface area (Å²) in [6, 6.07) is 0.104. The molecule has 0 aromatic heterocycles. The highest BCUT2D eigenvalue weighted by atomic mass is 16.5. The minimum absolute atomic E-state index is 0.104. The summed E-state index contributed by atoms with van der Waals surface area (Å²) in [4.78, 5) is 0. The van der Waals surface area contributed by atoms with Crippen LogP contribution in [0.1, 0.15) is 46.0 Å². The number of nitrogens with zero attached hydrogens (tertiary/aromatic N) is 1. The molecule has 0 amide bonds. The highest BCUT2D eigenvalue weighted by molar-refractivity contribution is 5.55. The number of rotatable bonds is 2. The molecule has 0 spiro atoms. The Bertz CT molecular complexity index is 157. The lowest BCUT2D eigenvalue weighted by Gasteiger charge is -2.17. The third kappa shape index (κ3) is 2.84. The Kier molecular flexibility index (Phi) is 3.57. The molecule has 2 nitrogen and oxygen atoms in total. The van der Waals surface area contributed by atoms with Gasteiger partial charge in [-0.05, 0) is 26.7 Å². The normalized spacial score (nSPS) is 21.8. The molecule has 0 unspecified atom stereocenters. The fraction of sp³-hybridized carbons (Fsp3) is 0.900. The Hall–Kier alpha value is -0.530. The molecule has 0 aliphatic heterocycles. The topological polar surface area (TPSA) is 26.1 Å². The van der Waals surface area contributed by atoms with Gasteiger partial charge >= 0.3 is 0 Å². The van der Waals surface area contributed by atoms with Crippen LogP contribution in [0.3, 0.4) is 0 Å². The standard InChI is InChI=1S/C10H19NO/c1-9(2)11(12)8-10-6-4-3-5-7-10/h8-10H,3-7H2,1-2H3. The van der Waals surface area contributed by atoms with Crippen LogP contribution >= 0.6 is 0 Å². The van der Waals surface area contributed by atoms with Crippen LogP contribution in [0.5, 0.6) is 0 Å². The van der Waals surface area contributed by atoms with Gasteiger partial charge in [0, 0.05) is 5.92 Å². The lowest BCUT2D eigenvalue weighted by Crippen LogP contribution is -2.20. The predicted octanol–water partition coefficient (Wildman–Crippen LogP) is 2.56. The fourth-order valence-electron chi connectivity index (χ4n) is 1.66. The molecular formula is C10H19NO. The van der Waals surface area contributed by atoms with Gasteiger partial charge in [0.2, 0.25) is 0 Å². The molecule has 0 bridgehead atoms. The van der Waals surface area contributed by atoms with Crippen LogP contribution in [0.2, 0.25) is 0 Å². The second-order valence-electron chi connectivity index (χ2n) is 4.00. The zero-order valence-electron chi connectivity index (χ0n) is 8.12. The molecule has 70 valence electrons. The summed E-state index contributed by atoms with van der Waals surface area (Å²) in [5.41, 5.74) is 0. The number of hydrogen-bond acceptors (Lipinski definition) is 1. The monoisotopic (exact) mass is 169 g/mol. The molecule has 1 fully saturated rings. The molecule has 2 heteroatoms. The first-order valence-electron chi connectivity index (χ1n) is 5.00. The molecule has 1 aliphatic rings. The molecule has 0 saturated heterocycles. The second kappa shape index (κ2) is 4.48. The SMILES string of the molecule is CC(C)[N+]([O-])=CC1CCCCC1. The van der Waals surface area contributed by atoms with Crippen molar-refractivity contribution in [2.45, 2.75) is 52.0 Å². The van der Waals surface area contributed by atoms with Gasteiger partial charge in [-0.1, -0.05) is 19.3 Å². The first-order valence-corrected chi connectivity index (χ1v) is 5.00. The zero-order chi connectivity index (χ0) is 8.97. The van der Waals surface area contributed by atoms with Gasteiger partial charge in [-0.3, -0.25) is 0 Å². The van der Waals surface area contributed by atoms with E-state index in [4.69, 9.17) is 0 Å². The van der Waals surface area contributed by atoms with Crippen LogP contribution in [-0.4, -0.2) is 17.0 Å². The molecular weight excluding hydrogens is 150 g/mol. The number of hydrogen-bond donors (Lipinski definition) is 0. The largest absolute Gasteiger partial charge is 0.624 e. The average Bonchev–Trinajstić information content (AvgIpc) is 2.06. The summed E-state index contributed by atoms with van der Waals surface area (Å²) in [6.07, 6.45) is 8.26. The molecule has 12 heavy (non-hydrogen) atoms. The van der Waals surface area contributed by atoms with Crippen molar-refractivity contribution in [3.8, 4) is 0 Å². The van der Waals surface area contributed by atoms with Crippen molar-refractivity contribution in [3.63, 3.8) is 0 Å². The van der Waals surface area contributed by atoms with Crippen molar-refractivity contribution in [3.05, 3.63) is 5.21 Å². The molecule has 1 saturated carbocycles. The maximum absolute atomic E-state index is 11.3. The van der Waals surface area contributed by atoms with E-state index in [1.807, 2.05) is 20.1 Å². The minimum Gasteiger partial charge on any atom is -0.624 e. The summed E-state index contributed by atoms with van der Waals surface area (Å²) < 4.78 is 1.11. The van der Waals surface area contributed by atoms with Gasteiger partial charge < -0.3 is 5.21 Å². The Labute approximate surface area is 74.9 Å². The van der Waals surface area contributed by atoms with Crippen molar-refractivity contribution in [2.24, 2.45) is 5.92 Å². The molecule has 0 N–H and O–H groups in total. The smallest absolute Gasteiger partial charge is 0.157 e. The van der Waals surface area contributed by atoms with E-state index < -0.39 is 0 Å². The molecule has 0 atom stereocenters. The van der Waals surface area contributed by atoms with Gasteiger partial charge in [-0.15, -0.1) is 0 Å². The van der Waals surface area contributed by atoms with Gasteiger partial charge in [0.1, 0.15) is 0 Å². The van der Waals surface area contributed by atoms with Crippen LogP contribution in [0.25, 0.3) is 0 Å². The van der Waals surface area contributed by atoms with Crippen LogP contribution in [0, 0.1) is 11.1 Å². The third-order valence-corrected chi connectivity index (χ3v) is 2.52. The van der Waals surface area contributed by atoms with Crippen LogP contribution in [0.4, 0.5) is 0 Å². The predicted molar refractivity (Wildman–Crippen MR) is 51.4 cm³/mol. The van der Waals surface area contributed by atoms with Crippen LogP contribution in [0.15, 0.2) is 0 Å². The Morgan fingerprint density at radius 1 is 1.25 bits per heavy atom. The quantitative estimate of drug-likeness (QED) is 0.270. The van der Waals surface area contributed by atoms with E-state index in [9.17, 15) is 5.21 Å². The molecule has 0 heterocycles. The summed E-state index contributed by atoms with van der Waals surface area (Å²) >= 11 is 0. The van der Waals surface area contributed by atoms with E-state index in [1.165, 1.54) is 32.1 Å². The zero-order valence-corrected chi connectivity index (χ0v) is 8.12. The lowest BCUT2D eigenvalue weighted by atomic mass is 9.90. The van der Waals surface area contributed by atoms with Gasteiger partial charge in [-0.2, -0.15) is 0 Å². The minimum atomic E-state index is 0.104. The van der Waals surface area contributed by atoms with Gasteiger partial charge in [0.15, 0.2) is 12.3 Å². The van der Waals surface area contributed by atoms with E-state index in [-0.39, 0.29) is 6.04 Å². The Balaban J connectivity index is 2.41. The van der Waals surface area contributed by atoms with Crippen LogP contribution in [-0.2, 0) is 0 Å². The number of hydroxylamine groups is 1. The second-order valence-corrected chi connectivity index (χ2v) is 4.00. The van der Waals surface area contributed by atoms with E-state index in [0.29, 0.717) is 5.92 Å². The lowest BCUT2D eigenvalue weighted by molar-refractivity contribution is -0.489. The van der Waals surface area contributed by atoms with Crippen molar-refractivity contribution in [1.82, 2.24) is 0 Å². The Morgan fingerprint density at radius 2 is 1.83 bits per heavy atom. The molecule has 0 radical (unpaired) electrons. The van der Waals surface area contributed by atoms with Crippen molar-refractivity contribution < 1.29 is 4.74 Å². The third-order valence-electron chi connectivity index (χ3n) is 2.52. The fourth-order valence-corrected chi connectivity index (χ4v) is 1.66. The molecule has 1 aliphatic carbocycles. The maximum Gasteiger partial charge on any atom is 0.157 e. The Morgan fingerprint density at radius 3 is 2.33 bits per heavy atom. The maximum atomic E-state index is 11.3. The van der Waals surface area contributed by atoms with E-state index >= 15 is 0 Å². The summed E-state index contributed by atoms with van der Waals surface area (Å²) in [5, 5.41) is 11.3. The van der Waals surface area contributed by atoms with Crippen molar-refractivity contribution in [1.29, 1.82) is 0 Å². The van der Waals surface area contributed by atoms with E-state index in [0.717, 1.165) is 4.74 Å².